The van der Waals surface area contributed by atoms with Crippen LogP contribution in [0.1, 0.15) is 18.9 Å². The van der Waals surface area contributed by atoms with Crippen LogP contribution in [0, 0.1) is 12.7 Å². The molecule has 1 atom stereocenters. The van der Waals surface area contributed by atoms with E-state index in [4.69, 9.17) is 5.73 Å². The largest absolute Gasteiger partial charge is 0.325 e. The van der Waals surface area contributed by atoms with Crippen molar-refractivity contribution in [1.29, 1.82) is 0 Å². The molecule has 0 saturated carbocycles. The first kappa shape index (κ1) is 11.7. The minimum absolute atomic E-state index is 0.291. The molecule has 0 radical (unpaired) electrons. The van der Waals surface area contributed by atoms with Crippen molar-refractivity contribution in [2.75, 3.05) is 5.32 Å². The molecule has 1 amide bonds. The monoisotopic (exact) mass is 210 g/mol. The summed E-state index contributed by atoms with van der Waals surface area (Å²) in [6.07, 6.45) is 0.556. The Kier molecular flexibility index (Phi) is 3.80. The van der Waals surface area contributed by atoms with Gasteiger partial charge in [-0.05, 0) is 31.0 Å². The van der Waals surface area contributed by atoms with Crippen LogP contribution in [-0.2, 0) is 4.79 Å². The minimum atomic E-state index is -0.547. The number of carbonyl (C=O) groups is 1. The Labute approximate surface area is 88.5 Å². The molecule has 0 fully saturated rings. The van der Waals surface area contributed by atoms with Crippen LogP contribution in [-0.4, -0.2) is 11.9 Å². The van der Waals surface area contributed by atoms with Gasteiger partial charge in [0.25, 0.3) is 0 Å². The minimum Gasteiger partial charge on any atom is -0.325 e. The van der Waals surface area contributed by atoms with E-state index in [1.807, 2.05) is 6.92 Å². The highest BCUT2D eigenvalue weighted by Crippen LogP contribution is 2.13. The zero-order valence-corrected chi connectivity index (χ0v) is 8.88. The van der Waals surface area contributed by atoms with Gasteiger partial charge in [0.05, 0.1) is 6.04 Å². The van der Waals surface area contributed by atoms with Gasteiger partial charge in [-0.1, -0.05) is 13.0 Å². The average molecular weight is 210 g/mol. The van der Waals surface area contributed by atoms with Gasteiger partial charge >= 0.3 is 0 Å². The van der Waals surface area contributed by atoms with Crippen LogP contribution in [0.15, 0.2) is 18.2 Å². The fourth-order valence-corrected chi connectivity index (χ4v) is 1.09. The third kappa shape index (κ3) is 3.02. The van der Waals surface area contributed by atoms with Gasteiger partial charge in [0.2, 0.25) is 5.91 Å². The lowest BCUT2D eigenvalue weighted by Crippen LogP contribution is -2.34. The van der Waals surface area contributed by atoms with E-state index >= 15 is 0 Å². The maximum Gasteiger partial charge on any atom is 0.241 e. The van der Waals surface area contributed by atoms with Gasteiger partial charge < -0.3 is 11.1 Å². The van der Waals surface area contributed by atoms with E-state index in [9.17, 15) is 9.18 Å². The van der Waals surface area contributed by atoms with E-state index in [1.54, 1.807) is 19.1 Å². The molecule has 1 rings (SSSR count). The third-order valence-electron chi connectivity index (χ3n) is 2.22. The summed E-state index contributed by atoms with van der Waals surface area (Å²) in [5, 5.41) is 2.56. The molecule has 1 aromatic carbocycles. The van der Waals surface area contributed by atoms with Gasteiger partial charge in [-0.3, -0.25) is 4.79 Å². The maximum absolute atomic E-state index is 13.1. The maximum atomic E-state index is 13.1. The van der Waals surface area contributed by atoms with Gasteiger partial charge in [-0.25, -0.2) is 4.39 Å². The zero-order valence-electron chi connectivity index (χ0n) is 8.88. The summed E-state index contributed by atoms with van der Waals surface area (Å²) in [5.41, 5.74) is 6.51. The highest BCUT2D eigenvalue weighted by molar-refractivity contribution is 5.94. The molecule has 0 aromatic heterocycles. The lowest BCUT2D eigenvalue weighted by molar-refractivity contribution is -0.117. The third-order valence-corrected chi connectivity index (χ3v) is 2.22. The van der Waals surface area contributed by atoms with Crippen LogP contribution in [0.3, 0.4) is 0 Å². The summed E-state index contributed by atoms with van der Waals surface area (Å²) in [6.45, 7) is 3.48. The highest BCUT2D eigenvalue weighted by Gasteiger charge is 2.11. The summed E-state index contributed by atoms with van der Waals surface area (Å²) in [4.78, 5) is 11.4. The van der Waals surface area contributed by atoms with E-state index in [0.717, 1.165) is 0 Å². The van der Waals surface area contributed by atoms with Crippen LogP contribution < -0.4 is 11.1 Å². The van der Waals surface area contributed by atoms with Crippen LogP contribution in [0.2, 0.25) is 0 Å². The van der Waals surface area contributed by atoms with Crippen molar-refractivity contribution in [1.82, 2.24) is 0 Å². The van der Waals surface area contributed by atoms with Gasteiger partial charge in [0.15, 0.2) is 0 Å². The van der Waals surface area contributed by atoms with E-state index in [0.29, 0.717) is 17.7 Å². The summed E-state index contributed by atoms with van der Waals surface area (Å²) in [5.74, 6) is -0.626. The molecule has 0 aliphatic rings. The van der Waals surface area contributed by atoms with Crippen molar-refractivity contribution < 1.29 is 9.18 Å². The first-order chi connectivity index (χ1) is 7.04. The quantitative estimate of drug-likeness (QED) is 0.799. The molecule has 15 heavy (non-hydrogen) atoms. The molecule has 0 aliphatic carbocycles. The predicted molar refractivity (Wildman–Crippen MR) is 58.0 cm³/mol. The molecule has 0 heterocycles. The number of amides is 1. The van der Waals surface area contributed by atoms with Crippen LogP contribution in [0.25, 0.3) is 0 Å². The molecule has 3 N–H and O–H groups in total. The van der Waals surface area contributed by atoms with Gasteiger partial charge in [0.1, 0.15) is 5.82 Å². The fraction of sp³-hybridized carbons (Fsp3) is 0.364. The molecule has 3 nitrogen and oxygen atoms in total. The zero-order chi connectivity index (χ0) is 11.4. The number of hydrogen-bond donors (Lipinski definition) is 2. The molecular weight excluding hydrogens is 195 g/mol. The molecule has 1 aromatic rings. The van der Waals surface area contributed by atoms with Crippen molar-refractivity contribution >= 4 is 11.6 Å². The molecule has 4 heteroatoms. The highest BCUT2D eigenvalue weighted by atomic mass is 19.1. The first-order valence-corrected chi connectivity index (χ1v) is 4.87. The molecule has 82 valence electrons. The van der Waals surface area contributed by atoms with Gasteiger partial charge in [-0.2, -0.15) is 0 Å². The number of benzene rings is 1. The Balaban J connectivity index is 2.73. The van der Waals surface area contributed by atoms with E-state index in [-0.39, 0.29) is 11.7 Å². The summed E-state index contributed by atoms with van der Waals surface area (Å²) in [7, 11) is 0. The van der Waals surface area contributed by atoms with Gasteiger partial charge in [-0.15, -0.1) is 0 Å². The lowest BCUT2D eigenvalue weighted by atomic mass is 10.2. The second-order valence-electron chi connectivity index (χ2n) is 3.47. The average Bonchev–Trinajstić information content (AvgIpc) is 2.22. The molecule has 0 unspecified atom stereocenters. The summed E-state index contributed by atoms with van der Waals surface area (Å²) in [6, 6.07) is 4.01. The Morgan fingerprint density at radius 2 is 2.27 bits per heavy atom. The lowest BCUT2D eigenvalue weighted by Gasteiger charge is -2.10. The van der Waals surface area contributed by atoms with Crippen LogP contribution in [0.5, 0.6) is 0 Å². The van der Waals surface area contributed by atoms with Gasteiger partial charge in [0, 0.05) is 5.69 Å². The molecule has 0 bridgehead atoms. The molecule has 0 spiro atoms. The Bertz CT molecular complexity index is 366. The van der Waals surface area contributed by atoms with Crippen molar-refractivity contribution in [3.05, 3.63) is 29.6 Å². The summed E-state index contributed by atoms with van der Waals surface area (Å²) >= 11 is 0. The predicted octanol–water partition coefficient (Wildman–Crippen LogP) is 1.81. The second-order valence-corrected chi connectivity index (χ2v) is 3.47. The Morgan fingerprint density at radius 1 is 1.60 bits per heavy atom. The Morgan fingerprint density at radius 3 is 2.80 bits per heavy atom. The fourth-order valence-electron chi connectivity index (χ4n) is 1.09. The van der Waals surface area contributed by atoms with Crippen LogP contribution in [0.4, 0.5) is 10.1 Å². The molecule has 0 saturated heterocycles. The van der Waals surface area contributed by atoms with E-state index in [1.165, 1.54) is 6.07 Å². The van der Waals surface area contributed by atoms with Crippen molar-refractivity contribution in [2.45, 2.75) is 26.3 Å². The summed E-state index contributed by atoms with van der Waals surface area (Å²) < 4.78 is 13.1. The normalized spacial score (nSPS) is 12.3. The van der Waals surface area contributed by atoms with E-state index < -0.39 is 6.04 Å². The molecular formula is C11H15FN2O. The number of carbonyl (C=O) groups excluding carboxylic acids is 1. The number of nitrogens with one attached hydrogen (secondary N) is 1. The van der Waals surface area contributed by atoms with Crippen molar-refractivity contribution in [2.24, 2.45) is 5.73 Å². The smallest absolute Gasteiger partial charge is 0.241 e. The number of aryl methyl sites for hydroxylation is 1. The SMILES string of the molecule is CC[C@@H](N)C(=O)Nc1ccc(C)c(F)c1. The molecule has 0 aliphatic heterocycles. The number of anilines is 1. The standard InChI is InChI=1S/C11H15FN2O/c1-3-10(13)11(15)14-8-5-4-7(2)9(12)6-8/h4-6,10H,3,13H2,1-2H3,(H,14,15)/t10-/m1/s1. The number of halogens is 1. The van der Waals surface area contributed by atoms with Crippen molar-refractivity contribution in [3.8, 4) is 0 Å². The topological polar surface area (TPSA) is 55.1 Å². The number of nitrogens with two attached hydrogens (primary N) is 1. The van der Waals surface area contributed by atoms with Crippen LogP contribution >= 0.6 is 0 Å². The second kappa shape index (κ2) is 4.89. The number of rotatable bonds is 3. The Hall–Kier alpha value is -1.42. The first-order valence-electron chi connectivity index (χ1n) is 4.87. The number of hydrogen-bond acceptors (Lipinski definition) is 2. The van der Waals surface area contributed by atoms with E-state index in [2.05, 4.69) is 5.32 Å². The van der Waals surface area contributed by atoms with Crippen molar-refractivity contribution in [3.63, 3.8) is 0 Å².